The largest absolute Gasteiger partial charge is 0.344 e. The molecular weight excluding hydrogens is 242 g/mol. The van der Waals surface area contributed by atoms with Crippen molar-refractivity contribution in [3.8, 4) is 0 Å². The van der Waals surface area contributed by atoms with Crippen LogP contribution in [-0.4, -0.2) is 21.3 Å². The van der Waals surface area contributed by atoms with Gasteiger partial charge in [0.05, 0.1) is 12.2 Å². The lowest BCUT2D eigenvalue weighted by atomic mass is 10.1. The second-order valence-electron chi connectivity index (χ2n) is 3.72. The zero-order chi connectivity index (χ0) is 13.1. The average molecular weight is 252 g/mol. The van der Waals surface area contributed by atoms with E-state index in [9.17, 15) is 13.6 Å². The van der Waals surface area contributed by atoms with E-state index in [2.05, 4.69) is 20.7 Å². The van der Waals surface area contributed by atoms with E-state index in [4.69, 9.17) is 0 Å². The number of amides is 1. The minimum Gasteiger partial charge on any atom is -0.344 e. The van der Waals surface area contributed by atoms with E-state index in [0.29, 0.717) is 5.56 Å². The maximum absolute atomic E-state index is 13.0. The molecule has 0 radical (unpaired) electrons. The molecule has 0 saturated heterocycles. The zero-order valence-electron chi connectivity index (χ0n) is 9.45. The van der Waals surface area contributed by atoms with E-state index >= 15 is 0 Å². The number of hydrogen-bond acceptors (Lipinski definition) is 3. The maximum Gasteiger partial charge on any atom is 0.273 e. The summed E-state index contributed by atoms with van der Waals surface area (Å²) in [7, 11) is 0. The molecule has 7 heteroatoms. The quantitative estimate of drug-likeness (QED) is 0.871. The number of aromatic nitrogens is 3. The minimum atomic E-state index is -0.949. The van der Waals surface area contributed by atoms with Gasteiger partial charge in [0.2, 0.25) is 0 Å². The van der Waals surface area contributed by atoms with E-state index in [1.165, 1.54) is 12.3 Å². The van der Waals surface area contributed by atoms with Gasteiger partial charge in [0.15, 0.2) is 17.3 Å². The first-order valence-electron chi connectivity index (χ1n) is 5.19. The second kappa shape index (κ2) is 4.91. The lowest BCUT2D eigenvalue weighted by molar-refractivity contribution is 0.0934. The Hall–Kier alpha value is -2.31. The molecule has 5 nitrogen and oxygen atoms in total. The topological polar surface area (TPSA) is 70.7 Å². The molecule has 0 saturated carbocycles. The number of H-pyrrole nitrogens is 1. The average Bonchev–Trinajstić information content (AvgIpc) is 2.86. The molecule has 1 aromatic carbocycles. The Labute approximate surface area is 101 Å². The van der Waals surface area contributed by atoms with Crippen molar-refractivity contribution in [1.82, 2.24) is 20.7 Å². The van der Waals surface area contributed by atoms with E-state index in [1.807, 2.05) is 0 Å². The molecular formula is C11H10F2N4O. The summed E-state index contributed by atoms with van der Waals surface area (Å²) in [5, 5.41) is 12.0. The summed E-state index contributed by atoms with van der Waals surface area (Å²) >= 11 is 0. The first-order chi connectivity index (χ1) is 8.58. The standard InChI is InChI=1S/C11H10F2N4O/c1-6(7-2-3-8(12)9(13)4-7)15-11(18)10-5-14-17-16-10/h2-6H,1H3,(H,15,18)(H,14,16,17). The molecule has 0 spiro atoms. The van der Waals surface area contributed by atoms with Gasteiger partial charge in [-0.05, 0) is 24.6 Å². The van der Waals surface area contributed by atoms with E-state index in [0.717, 1.165) is 12.1 Å². The van der Waals surface area contributed by atoms with E-state index < -0.39 is 23.6 Å². The van der Waals surface area contributed by atoms with Gasteiger partial charge in [0.1, 0.15) is 0 Å². The van der Waals surface area contributed by atoms with Crippen LogP contribution in [0.2, 0.25) is 0 Å². The highest BCUT2D eigenvalue weighted by atomic mass is 19.2. The van der Waals surface area contributed by atoms with E-state index in [-0.39, 0.29) is 5.69 Å². The molecule has 1 unspecified atom stereocenters. The van der Waals surface area contributed by atoms with Crippen molar-refractivity contribution < 1.29 is 13.6 Å². The van der Waals surface area contributed by atoms with Crippen LogP contribution in [0.15, 0.2) is 24.4 Å². The van der Waals surface area contributed by atoms with Crippen LogP contribution in [0.4, 0.5) is 8.78 Å². The highest BCUT2D eigenvalue weighted by molar-refractivity contribution is 5.92. The molecule has 2 aromatic rings. The third-order valence-corrected chi connectivity index (χ3v) is 2.44. The number of hydrogen-bond donors (Lipinski definition) is 2. The van der Waals surface area contributed by atoms with Crippen molar-refractivity contribution >= 4 is 5.91 Å². The minimum absolute atomic E-state index is 0.129. The predicted octanol–water partition coefficient (Wildman–Crippen LogP) is 1.57. The molecule has 0 bridgehead atoms. The SMILES string of the molecule is CC(NC(=O)c1cn[nH]n1)c1ccc(F)c(F)c1. The third-order valence-electron chi connectivity index (χ3n) is 2.44. The van der Waals surface area contributed by atoms with Crippen molar-refractivity contribution in [3.05, 3.63) is 47.3 Å². The summed E-state index contributed by atoms with van der Waals surface area (Å²) in [5.41, 5.74) is 0.593. The lowest BCUT2D eigenvalue weighted by Crippen LogP contribution is -2.27. The fourth-order valence-corrected chi connectivity index (χ4v) is 1.45. The number of nitrogens with zero attached hydrogens (tertiary/aromatic N) is 2. The van der Waals surface area contributed by atoms with Gasteiger partial charge in [-0.1, -0.05) is 6.07 Å². The lowest BCUT2D eigenvalue weighted by Gasteiger charge is -2.13. The molecule has 94 valence electrons. The summed E-state index contributed by atoms with van der Waals surface area (Å²) in [6, 6.07) is 3.00. The van der Waals surface area contributed by atoms with Gasteiger partial charge in [-0.25, -0.2) is 8.78 Å². The van der Waals surface area contributed by atoms with Crippen LogP contribution < -0.4 is 5.32 Å². The van der Waals surface area contributed by atoms with Crippen LogP contribution in [-0.2, 0) is 0 Å². The van der Waals surface area contributed by atoms with Crippen molar-refractivity contribution in [2.45, 2.75) is 13.0 Å². The molecule has 0 aliphatic carbocycles. The van der Waals surface area contributed by atoms with Gasteiger partial charge in [-0.3, -0.25) is 4.79 Å². The molecule has 1 atom stereocenters. The maximum atomic E-state index is 13.0. The summed E-state index contributed by atoms with van der Waals surface area (Å²) < 4.78 is 25.8. The first-order valence-corrected chi connectivity index (χ1v) is 5.19. The Morgan fingerprint density at radius 1 is 1.39 bits per heavy atom. The van der Waals surface area contributed by atoms with Crippen LogP contribution >= 0.6 is 0 Å². The highest BCUT2D eigenvalue weighted by Crippen LogP contribution is 2.16. The monoisotopic (exact) mass is 252 g/mol. The van der Waals surface area contributed by atoms with Gasteiger partial charge in [0.25, 0.3) is 5.91 Å². The molecule has 18 heavy (non-hydrogen) atoms. The van der Waals surface area contributed by atoms with Gasteiger partial charge < -0.3 is 5.32 Å². The number of halogens is 2. The Morgan fingerprint density at radius 2 is 2.17 bits per heavy atom. The Kier molecular flexibility index (Phi) is 3.31. The zero-order valence-corrected chi connectivity index (χ0v) is 9.45. The Morgan fingerprint density at radius 3 is 2.78 bits per heavy atom. The molecule has 0 aliphatic rings. The third kappa shape index (κ3) is 2.50. The van der Waals surface area contributed by atoms with Gasteiger partial charge in [0, 0.05) is 0 Å². The van der Waals surface area contributed by atoms with Crippen LogP contribution in [0.1, 0.15) is 29.0 Å². The fraction of sp³-hybridized carbons (Fsp3) is 0.182. The molecule has 1 amide bonds. The highest BCUT2D eigenvalue weighted by Gasteiger charge is 2.14. The van der Waals surface area contributed by atoms with Crippen molar-refractivity contribution in [2.24, 2.45) is 0 Å². The van der Waals surface area contributed by atoms with Crippen LogP contribution in [0.25, 0.3) is 0 Å². The molecule has 2 rings (SSSR count). The Balaban J connectivity index is 2.10. The number of carbonyl (C=O) groups is 1. The van der Waals surface area contributed by atoms with Crippen LogP contribution in [0.3, 0.4) is 0 Å². The molecule has 0 aliphatic heterocycles. The van der Waals surface area contributed by atoms with Gasteiger partial charge >= 0.3 is 0 Å². The summed E-state index contributed by atoms with van der Waals surface area (Å²) in [4.78, 5) is 11.6. The fourth-order valence-electron chi connectivity index (χ4n) is 1.45. The first kappa shape index (κ1) is 12.2. The number of benzene rings is 1. The van der Waals surface area contributed by atoms with Crippen LogP contribution in [0.5, 0.6) is 0 Å². The summed E-state index contributed by atoms with van der Waals surface area (Å²) in [6.45, 7) is 1.66. The van der Waals surface area contributed by atoms with Gasteiger partial charge in [-0.15, -0.1) is 0 Å². The number of rotatable bonds is 3. The normalized spacial score (nSPS) is 12.2. The van der Waals surface area contributed by atoms with E-state index in [1.54, 1.807) is 6.92 Å². The number of nitrogens with one attached hydrogen (secondary N) is 2. The van der Waals surface area contributed by atoms with Crippen LogP contribution in [0, 0.1) is 11.6 Å². The van der Waals surface area contributed by atoms with Crippen molar-refractivity contribution in [3.63, 3.8) is 0 Å². The molecule has 1 aromatic heterocycles. The molecule has 0 fully saturated rings. The number of carbonyl (C=O) groups excluding carboxylic acids is 1. The molecule has 1 heterocycles. The second-order valence-corrected chi connectivity index (χ2v) is 3.72. The summed E-state index contributed by atoms with van der Waals surface area (Å²) in [6.07, 6.45) is 1.27. The van der Waals surface area contributed by atoms with Crippen molar-refractivity contribution in [2.75, 3.05) is 0 Å². The van der Waals surface area contributed by atoms with Gasteiger partial charge in [-0.2, -0.15) is 15.4 Å². The predicted molar refractivity (Wildman–Crippen MR) is 58.6 cm³/mol. The number of aromatic amines is 1. The Bertz CT molecular complexity index is 556. The van der Waals surface area contributed by atoms with Crippen molar-refractivity contribution in [1.29, 1.82) is 0 Å². The summed E-state index contributed by atoms with van der Waals surface area (Å²) in [5.74, 6) is -2.32. The smallest absolute Gasteiger partial charge is 0.273 e. The molecule has 2 N–H and O–H groups in total.